The Kier molecular flexibility index (Phi) is 4.77. The summed E-state index contributed by atoms with van der Waals surface area (Å²) in [6.45, 7) is 4.51. The van der Waals surface area contributed by atoms with Crippen LogP contribution in [0.4, 0.5) is 0 Å². The van der Waals surface area contributed by atoms with E-state index in [1.807, 2.05) is 30.3 Å². The fraction of sp³-hybridized carbons (Fsp3) is 0.500. The van der Waals surface area contributed by atoms with Crippen LogP contribution in [-0.4, -0.2) is 29.3 Å². The summed E-state index contributed by atoms with van der Waals surface area (Å²) in [5, 5.41) is 2.77. The fourth-order valence-corrected chi connectivity index (χ4v) is 2.61. The highest BCUT2D eigenvalue weighted by Crippen LogP contribution is 2.25. The van der Waals surface area contributed by atoms with Crippen LogP contribution >= 0.6 is 0 Å². The predicted molar refractivity (Wildman–Crippen MR) is 78.0 cm³/mol. The summed E-state index contributed by atoms with van der Waals surface area (Å²) < 4.78 is 0. The summed E-state index contributed by atoms with van der Waals surface area (Å²) in [6.07, 6.45) is 3.10. The minimum Gasteiger partial charge on any atom is -0.342 e. The summed E-state index contributed by atoms with van der Waals surface area (Å²) in [6, 6.07) is 8.60. The Bertz CT molecular complexity index is 473. The van der Waals surface area contributed by atoms with Crippen LogP contribution in [-0.2, 0) is 9.59 Å². The van der Waals surface area contributed by atoms with Crippen LogP contribution in [0.25, 0.3) is 0 Å². The molecule has 2 unspecified atom stereocenters. The number of unbranched alkanes of at least 4 members (excludes halogenated alkanes) is 2. The van der Waals surface area contributed by atoms with Gasteiger partial charge < -0.3 is 10.2 Å². The first-order chi connectivity index (χ1) is 9.65. The second-order valence-corrected chi connectivity index (χ2v) is 5.28. The van der Waals surface area contributed by atoms with Gasteiger partial charge >= 0.3 is 0 Å². The molecule has 1 aromatic rings. The number of hydrogen-bond donors (Lipinski definition) is 1. The number of piperazine rings is 1. The maximum Gasteiger partial charge on any atom is 0.248 e. The van der Waals surface area contributed by atoms with Crippen LogP contribution in [0.5, 0.6) is 0 Å². The molecule has 2 atom stereocenters. The first-order valence-electron chi connectivity index (χ1n) is 7.31. The van der Waals surface area contributed by atoms with Crippen molar-refractivity contribution >= 4 is 11.8 Å². The van der Waals surface area contributed by atoms with Crippen LogP contribution in [0.2, 0.25) is 0 Å². The lowest BCUT2D eigenvalue weighted by atomic mass is 9.99. The lowest BCUT2D eigenvalue weighted by Gasteiger charge is -2.38. The quantitative estimate of drug-likeness (QED) is 0.837. The molecule has 1 saturated heterocycles. The Hall–Kier alpha value is -1.84. The fourth-order valence-electron chi connectivity index (χ4n) is 2.61. The maximum atomic E-state index is 12.4. The van der Waals surface area contributed by atoms with Gasteiger partial charge in [0.2, 0.25) is 11.8 Å². The summed E-state index contributed by atoms with van der Waals surface area (Å²) in [4.78, 5) is 26.4. The van der Waals surface area contributed by atoms with E-state index < -0.39 is 12.1 Å². The Morgan fingerprint density at radius 1 is 1.15 bits per heavy atom. The van der Waals surface area contributed by atoms with Gasteiger partial charge in [0, 0.05) is 6.54 Å². The predicted octanol–water partition coefficient (Wildman–Crippen LogP) is 2.26. The van der Waals surface area contributed by atoms with Crippen LogP contribution in [0.3, 0.4) is 0 Å². The molecule has 1 N–H and O–H groups in total. The van der Waals surface area contributed by atoms with Crippen molar-refractivity contribution < 1.29 is 9.59 Å². The van der Waals surface area contributed by atoms with Gasteiger partial charge in [-0.2, -0.15) is 0 Å². The average molecular weight is 274 g/mol. The molecule has 2 rings (SSSR count). The summed E-state index contributed by atoms with van der Waals surface area (Å²) >= 11 is 0. The first kappa shape index (κ1) is 14.6. The van der Waals surface area contributed by atoms with E-state index >= 15 is 0 Å². The SMILES string of the molecule is CCCCCN1C(=O)C(C)NC(=O)C1c1ccccc1. The molecule has 2 amide bonds. The van der Waals surface area contributed by atoms with Gasteiger partial charge in [-0.3, -0.25) is 9.59 Å². The molecule has 1 fully saturated rings. The van der Waals surface area contributed by atoms with Crippen molar-refractivity contribution in [3.63, 3.8) is 0 Å². The van der Waals surface area contributed by atoms with E-state index in [-0.39, 0.29) is 11.8 Å². The minimum atomic E-state index is -0.489. The molecule has 0 radical (unpaired) electrons. The third kappa shape index (κ3) is 3.00. The monoisotopic (exact) mass is 274 g/mol. The molecule has 1 aromatic carbocycles. The topological polar surface area (TPSA) is 49.4 Å². The van der Waals surface area contributed by atoms with Crippen molar-refractivity contribution in [2.45, 2.75) is 45.2 Å². The number of nitrogens with zero attached hydrogens (tertiary/aromatic N) is 1. The number of hydrogen-bond acceptors (Lipinski definition) is 2. The van der Waals surface area contributed by atoms with Crippen LogP contribution in [0, 0.1) is 0 Å². The Balaban J connectivity index is 2.24. The summed E-state index contributed by atoms with van der Waals surface area (Å²) in [5.74, 6) is -0.0747. The number of carbonyl (C=O) groups is 2. The molecule has 0 aromatic heterocycles. The third-order valence-electron chi connectivity index (χ3n) is 3.69. The zero-order chi connectivity index (χ0) is 14.5. The van der Waals surface area contributed by atoms with Gasteiger partial charge in [-0.25, -0.2) is 0 Å². The van der Waals surface area contributed by atoms with E-state index in [0.717, 1.165) is 24.8 Å². The van der Waals surface area contributed by atoms with Gasteiger partial charge in [-0.05, 0) is 18.9 Å². The Morgan fingerprint density at radius 3 is 2.50 bits per heavy atom. The van der Waals surface area contributed by atoms with Gasteiger partial charge in [0.15, 0.2) is 0 Å². The van der Waals surface area contributed by atoms with Crippen molar-refractivity contribution in [3.8, 4) is 0 Å². The molecule has 0 aliphatic carbocycles. The highest BCUT2D eigenvalue weighted by molar-refractivity contribution is 5.97. The molecule has 0 bridgehead atoms. The van der Waals surface area contributed by atoms with E-state index in [9.17, 15) is 9.59 Å². The van der Waals surface area contributed by atoms with Crippen molar-refractivity contribution in [3.05, 3.63) is 35.9 Å². The Morgan fingerprint density at radius 2 is 1.85 bits per heavy atom. The van der Waals surface area contributed by atoms with Crippen molar-refractivity contribution in [2.24, 2.45) is 0 Å². The van der Waals surface area contributed by atoms with E-state index in [1.54, 1.807) is 11.8 Å². The van der Waals surface area contributed by atoms with Crippen molar-refractivity contribution in [1.29, 1.82) is 0 Å². The van der Waals surface area contributed by atoms with Gasteiger partial charge in [0.05, 0.1) is 0 Å². The molecule has 4 nitrogen and oxygen atoms in total. The zero-order valence-electron chi connectivity index (χ0n) is 12.1. The maximum absolute atomic E-state index is 12.4. The number of amides is 2. The van der Waals surface area contributed by atoms with Crippen molar-refractivity contribution in [2.75, 3.05) is 6.54 Å². The highest BCUT2D eigenvalue weighted by Gasteiger charge is 2.38. The van der Waals surface area contributed by atoms with Crippen LogP contribution in [0.15, 0.2) is 30.3 Å². The van der Waals surface area contributed by atoms with Gasteiger partial charge in [0.1, 0.15) is 12.1 Å². The molecular formula is C16H22N2O2. The van der Waals surface area contributed by atoms with Crippen LogP contribution < -0.4 is 5.32 Å². The second kappa shape index (κ2) is 6.55. The molecule has 0 spiro atoms. The molecular weight excluding hydrogens is 252 g/mol. The summed E-state index contributed by atoms with van der Waals surface area (Å²) in [7, 11) is 0. The minimum absolute atomic E-state index is 0.00885. The standard InChI is InChI=1S/C16H22N2O2/c1-3-4-8-11-18-14(13-9-6-5-7-10-13)15(19)17-12(2)16(18)20/h5-7,9-10,12,14H,3-4,8,11H2,1-2H3,(H,17,19). The molecule has 20 heavy (non-hydrogen) atoms. The van der Waals surface area contributed by atoms with Crippen molar-refractivity contribution in [1.82, 2.24) is 10.2 Å². The zero-order valence-corrected chi connectivity index (χ0v) is 12.1. The van der Waals surface area contributed by atoms with E-state index in [2.05, 4.69) is 12.2 Å². The summed E-state index contributed by atoms with van der Waals surface area (Å²) in [5.41, 5.74) is 0.877. The van der Waals surface area contributed by atoms with E-state index in [4.69, 9.17) is 0 Å². The molecule has 108 valence electrons. The number of rotatable bonds is 5. The first-order valence-corrected chi connectivity index (χ1v) is 7.31. The van der Waals surface area contributed by atoms with Crippen LogP contribution in [0.1, 0.15) is 44.7 Å². The molecule has 1 heterocycles. The number of carbonyl (C=O) groups excluding carboxylic acids is 2. The molecule has 1 aliphatic rings. The van der Waals surface area contributed by atoms with Gasteiger partial charge in [-0.15, -0.1) is 0 Å². The smallest absolute Gasteiger partial charge is 0.248 e. The Labute approximate surface area is 120 Å². The largest absolute Gasteiger partial charge is 0.342 e. The second-order valence-electron chi connectivity index (χ2n) is 5.28. The molecule has 4 heteroatoms. The van der Waals surface area contributed by atoms with E-state index in [0.29, 0.717) is 6.54 Å². The lowest BCUT2D eigenvalue weighted by molar-refractivity contribution is -0.149. The molecule has 1 aliphatic heterocycles. The highest BCUT2D eigenvalue weighted by atomic mass is 16.2. The van der Waals surface area contributed by atoms with Gasteiger partial charge in [0.25, 0.3) is 0 Å². The average Bonchev–Trinajstić information content (AvgIpc) is 2.45. The lowest BCUT2D eigenvalue weighted by Crippen LogP contribution is -2.58. The number of nitrogens with one attached hydrogen (secondary N) is 1. The molecule has 0 saturated carbocycles. The third-order valence-corrected chi connectivity index (χ3v) is 3.69. The number of benzene rings is 1. The normalized spacial score (nSPS) is 22.8. The van der Waals surface area contributed by atoms with Gasteiger partial charge in [-0.1, -0.05) is 50.1 Å². The van der Waals surface area contributed by atoms with E-state index in [1.165, 1.54) is 0 Å².